The molecule has 0 aliphatic carbocycles. The molecule has 0 radical (unpaired) electrons. The Morgan fingerprint density at radius 2 is 1.81 bits per heavy atom. The van der Waals surface area contributed by atoms with Gasteiger partial charge in [-0.1, -0.05) is 11.6 Å². The van der Waals surface area contributed by atoms with E-state index in [2.05, 4.69) is 10.5 Å². The number of nitrogens with zero attached hydrogens (tertiary/aromatic N) is 2. The van der Waals surface area contributed by atoms with Gasteiger partial charge in [-0.15, -0.1) is 0 Å². The number of halogens is 1. The van der Waals surface area contributed by atoms with Gasteiger partial charge in [-0.25, -0.2) is 10.5 Å². The first-order valence-corrected chi connectivity index (χ1v) is 8.30. The quantitative estimate of drug-likeness (QED) is 0.420. The largest absolute Gasteiger partial charge is 0.486 e. The smallest absolute Gasteiger partial charge is 0.283 e. The first-order chi connectivity index (χ1) is 12.7. The molecule has 1 aliphatic rings. The van der Waals surface area contributed by atoms with Crippen molar-refractivity contribution in [3.05, 3.63) is 59.2 Å². The number of carbonyl (C=O) groups is 1. The lowest BCUT2D eigenvalue weighted by Gasteiger charge is -2.18. The third kappa shape index (κ3) is 2.98. The maximum Gasteiger partial charge on any atom is 0.283 e. The minimum Gasteiger partial charge on any atom is -0.486 e. The Kier molecular flexibility index (Phi) is 4.24. The van der Waals surface area contributed by atoms with E-state index >= 15 is 0 Å². The number of fused-ring (bicyclic) bond motifs is 1. The minimum absolute atomic E-state index is 0.305. The molecule has 0 saturated heterocycles. The van der Waals surface area contributed by atoms with Crippen LogP contribution in [0.4, 0.5) is 0 Å². The van der Waals surface area contributed by atoms with Gasteiger partial charge in [-0.2, -0.15) is 5.10 Å². The highest BCUT2D eigenvalue weighted by Gasteiger charge is 2.19. The molecule has 1 aromatic heterocycles. The lowest BCUT2D eigenvalue weighted by atomic mass is 10.1. The predicted octanol–water partition coefficient (Wildman–Crippen LogP) is 2.57. The lowest BCUT2D eigenvalue weighted by Crippen LogP contribution is -2.31. The number of hydrogen-bond acceptors (Lipinski definition) is 5. The highest BCUT2D eigenvalue weighted by Crippen LogP contribution is 2.34. The second-order valence-corrected chi connectivity index (χ2v) is 6.07. The van der Waals surface area contributed by atoms with Crippen LogP contribution in [0.2, 0.25) is 5.02 Å². The van der Waals surface area contributed by atoms with E-state index in [1.807, 2.05) is 18.2 Å². The van der Waals surface area contributed by atoms with E-state index in [1.54, 1.807) is 30.3 Å². The maximum atomic E-state index is 12.2. The summed E-state index contributed by atoms with van der Waals surface area (Å²) in [5.74, 6) is 6.21. The molecule has 0 bridgehead atoms. The second-order valence-electron chi connectivity index (χ2n) is 5.63. The molecule has 0 spiro atoms. The summed E-state index contributed by atoms with van der Waals surface area (Å²) in [7, 11) is 0. The number of aromatic nitrogens is 2. The van der Waals surface area contributed by atoms with Gasteiger partial charge < -0.3 is 9.47 Å². The fraction of sp³-hybridized carbons (Fsp3) is 0.111. The average Bonchev–Trinajstić information content (AvgIpc) is 3.13. The number of ether oxygens (including phenoxy) is 2. The molecule has 0 atom stereocenters. The Bertz CT molecular complexity index is 969. The number of nitrogens with two attached hydrogens (primary N) is 1. The number of benzene rings is 2. The van der Waals surface area contributed by atoms with Gasteiger partial charge in [0.15, 0.2) is 11.5 Å². The standard InChI is InChI=1S/C18H15ClN4O3/c19-12-2-4-13(5-3-12)23-15(18(24)21-20)10-14(22-23)11-1-6-16-17(9-11)26-8-7-25-16/h1-6,9-10H,7-8,20H2,(H,21,24). The zero-order valence-electron chi connectivity index (χ0n) is 13.6. The molecule has 7 nitrogen and oxygen atoms in total. The molecule has 0 saturated carbocycles. The van der Waals surface area contributed by atoms with Gasteiger partial charge in [-0.3, -0.25) is 10.2 Å². The van der Waals surface area contributed by atoms with Crippen LogP contribution in [0.15, 0.2) is 48.5 Å². The molecule has 132 valence electrons. The van der Waals surface area contributed by atoms with Crippen LogP contribution in [0.5, 0.6) is 11.5 Å². The summed E-state index contributed by atoms with van der Waals surface area (Å²) < 4.78 is 12.7. The molecule has 3 N–H and O–H groups in total. The molecule has 2 aromatic carbocycles. The summed E-state index contributed by atoms with van der Waals surface area (Å²) in [5.41, 5.74) is 4.55. The molecular weight excluding hydrogens is 356 g/mol. The van der Waals surface area contributed by atoms with Crippen LogP contribution in [0, 0.1) is 0 Å². The Morgan fingerprint density at radius 3 is 2.54 bits per heavy atom. The van der Waals surface area contributed by atoms with Gasteiger partial charge in [0.2, 0.25) is 0 Å². The summed E-state index contributed by atoms with van der Waals surface area (Å²) in [6.45, 7) is 1.02. The van der Waals surface area contributed by atoms with Crippen LogP contribution < -0.4 is 20.7 Å². The number of nitrogens with one attached hydrogen (secondary N) is 1. The van der Waals surface area contributed by atoms with Gasteiger partial charge in [-0.05, 0) is 48.5 Å². The number of amides is 1. The Morgan fingerprint density at radius 1 is 1.08 bits per heavy atom. The first kappa shape index (κ1) is 16.4. The minimum atomic E-state index is -0.448. The van der Waals surface area contributed by atoms with Gasteiger partial charge in [0.1, 0.15) is 18.9 Å². The van der Waals surface area contributed by atoms with Crippen LogP contribution in [0.25, 0.3) is 16.9 Å². The van der Waals surface area contributed by atoms with E-state index in [1.165, 1.54) is 4.68 Å². The van der Waals surface area contributed by atoms with Crippen molar-refractivity contribution in [3.63, 3.8) is 0 Å². The normalized spacial score (nSPS) is 12.7. The van der Waals surface area contributed by atoms with E-state index in [0.717, 1.165) is 5.56 Å². The fourth-order valence-electron chi connectivity index (χ4n) is 2.74. The molecule has 4 rings (SSSR count). The van der Waals surface area contributed by atoms with Gasteiger partial charge in [0, 0.05) is 10.6 Å². The molecule has 1 amide bonds. The van der Waals surface area contributed by atoms with Crippen molar-refractivity contribution in [2.24, 2.45) is 5.84 Å². The van der Waals surface area contributed by atoms with Crippen molar-refractivity contribution in [3.8, 4) is 28.4 Å². The van der Waals surface area contributed by atoms with E-state index in [9.17, 15) is 4.79 Å². The number of carbonyl (C=O) groups excluding carboxylic acids is 1. The Hall–Kier alpha value is -3.03. The predicted molar refractivity (Wildman–Crippen MR) is 96.7 cm³/mol. The van der Waals surface area contributed by atoms with Crippen LogP contribution in [0.1, 0.15) is 10.5 Å². The Balaban J connectivity index is 1.80. The first-order valence-electron chi connectivity index (χ1n) is 7.92. The zero-order valence-corrected chi connectivity index (χ0v) is 14.4. The van der Waals surface area contributed by atoms with Crippen molar-refractivity contribution >= 4 is 17.5 Å². The van der Waals surface area contributed by atoms with E-state index in [0.29, 0.717) is 46.8 Å². The van der Waals surface area contributed by atoms with E-state index < -0.39 is 5.91 Å². The summed E-state index contributed by atoms with van der Waals surface area (Å²) in [6, 6.07) is 14.2. The number of hydrazine groups is 1. The van der Waals surface area contributed by atoms with Crippen molar-refractivity contribution in [2.45, 2.75) is 0 Å². The lowest BCUT2D eigenvalue weighted by molar-refractivity contribution is 0.0946. The average molecular weight is 371 g/mol. The molecule has 2 heterocycles. The van der Waals surface area contributed by atoms with E-state index in [-0.39, 0.29) is 0 Å². The van der Waals surface area contributed by atoms with Crippen molar-refractivity contribution < 1.29 is 14.3 Å². The number of nitrogen functional groups attached to an aromatic ring is 1. The van der Waals surface area contributed by atoms with Gasteiger partial charge >= 0.3 is 0 Å². The summed E-state index contributed by atoms with van der Waals surface area (Å²) in [6.07, 6.45) is 0. The van der Waals surface area contributed by atoms with Crippen molar-refractivity contribution in [2.75, 3.05) is 13.2 Å². The van der Waals surface area contributed by atoms with E-state index in [4.69, 9.17) is 26.9 Å². The van der Waals surface area contributed by atoms with Crippen LogP contribution >= 0.6 is 11.6 Å². The molecule has 8 heteroatoms. The highest BCUT2D eigenvalue weighted by atomic mass is 35.5. The van der Waals surface area contributed by atoms with Crippen LogP contribution in [-0.4, -0.2) is 28.9 Å². The topological polar surface area (TPSA) is 91.4 Å². The molecule has 0 fully saturated rings. The fourth-order valence-corrected chi connectivity index (χ4v) is 2.87. The Labute approximate surface area is 154 Å². The SMILES string of the molecule is NNC(=O)c1cc(-c2ccc3c(c2)OCCO3)nn1-c1ccc(Cl)cc1. The summed E-state index contributed by atoms with van der Waals surface area (Å²) >= 11 is 5.94. The number of hydrogen-bond donors (Lipinski definition) is 2. The molecule has 3 aromatic rings. The third-order valence-corrected chi connectivity index (χ3v) is 4.23. The van der Waals surface area contributed by atoms with Gasteiger partial charge in [0.25, 0.3) is 5.91 Å². The number of rotatable bonds is 3. The highest BCUT2D eigenvalue weighted by molar-refractivity contribution is 6.30. The van der Waals surface area contributed by atoms with Gasteiger partial charge in [0.05, 0.1) is 11.4 Å². The molecular formula is C18H15ClN4O3. The maximum absolute atomic E-state index is 12.2. The monoisotopic (exact) mass is 370 g/mol. The summed E-state index contributed by atoms with van der Waals surface area (Å²) in [4.78, 5) is 12.2. The third-order valence-electron chi connectivity index (χ3n) is 3.98. The molecule has 26 heavy (non-hydrogen) atoms. The summed E-state index contributed by atoms with van der Waals surface area (Å²) in [5, 5.41) is 5.15. The molecule has 0 unspecified atom stereocenters. The van der Waals surface area contributed by atoms with Crippen LogP contribution in [-0.2, 0) is 0 Å². The second kappa shape index (κ2) is 6.70. The zero-order chi connectivity index (χ0) is 18.1. The van der Waals surface area contributed by atoms with Crippen LogP contribution in [0.3, 0.4) is 0 Å². The van der Waals surface area contributed by atoms with Crippen molar-refractivity contribution in [1.29, 1.82) is 0 Å². The van der Waals surface area contributed by atoms with Crippen molar-refractivity contribution in [1.82, 2.24) is 15.2 Å². The molecule has 1 aliphatic heterocycles.